The van der Waals surface area contributed by atoms with Crippen LogP contribution in [0.1, 0.15) is 85.5 Å². The molecule has 3 nitrogen and oxygen atoms in total. The number of hydrogen-bond donors (Lipinski definition) is 1. The summed E-state index contributed by atoms with van der Waals surface area (Å²) in [6.45, 7) is 10.8. The number of rotatable bonds is 0. The molecule has 6 aliphatic rings. The van der Waals surface area contributed by atoms with Gasteiger partial charge in [0, 0.05) is 12.3 Å². The Labute approximate surface area is 183 Å². The van der Waals surface area contributed by atoms with Gasteiger partial charge in [-0.2, -0.15) is 0 Å². The Morgan fingerprint density at radius 2 is 1.87 bits per heavy atom. The van der Waals surface area contributed by atoms with Crippen molar-refractivity contribution in [1.29, 1.82) is 0 Å². The molecule has 0 radical (unpaired) electrons. The predicted octanol–water partition coefficient (Wildman–Crippen LogP) is 5.71. The van der Waals surface area contributed by atoms with E-state index in [1.807, 2.05) is 0 Å². The third kappa shape index (κ3) is 2.55. The Morgan fingerprint density at radius 3 is 2.63 bits per heavy atom. The molecule has 168 valence electrons. The van der Waals surface area contributed by atoms with E-state index in [4.69, 9.17) is 9.47 Å². The quantitative estimate of drug-likeness (QED) is 0.516. The van der Waals surface area contributed by atoms with Crippen LogP contribution in [0.15, 0.2) is 11.6 Å². The van der Waals surface area contributed by atoms with Crippen LogP contribution in [0.5, 0.6) is 0 Å². The molecule has 2 aliphatic heterocycles. The zero-order valence-corrected chi connectivity index (χ0v) is 19.5. The van der Waals surface area contributed by atoms with Gasteiger partial charge in [0.05, 0.1) is 18.8 Å². The van der Waals surface area contributed by atoms with Gasteiger partial charge in [0.15, 0.2) is 5.79 Å². The molecule has 3 saturated carbocycles. The van der Waals surface area contributed by atoms with Crippen LogP contribution >= 0.6 is 0 Å². The van der Waals surface area contributed by atoms with E-state index in [9.17, 15) is 5.11 Å². The first kappa shape index (κ1) is 20.2. The molecule has 2 heterocycles. The zero-order chi connectivity index (χ0) is 20.9. The fraction of sp³-hybridized carbons (Fsp3) is 0.926. The highest BCUT2D eigenvalue weighted by Gasteiger charge is 2.68. The average Bonchev–Trinajstić information content (AvgIpc) is 3.16. The van der Waals surface area contributed by atoms with E-state index in [0.29, 0.717) is 34.7 Å². The normalized spacial score (nSPS) is 59.8. The van der Waals surface area contributed by atoms with E-state index in [1.54, 1.807) is 5.57 Å². The Balaban J connectivity index is 1.28. The van der Waals surface area contributed by atoms with Gasteiger partial charge < -0.3 is 14.6 Å². The highest BCUT2D eigenvalue weighted by molar-refractivity contribution is 5.26. The molecule has 2 saturated heterocycles. The lowest BCUT2D eigenvalue weighted by atomic mass is 9.47. The number of fused-ring (bicyclic) bond motifs is 7. The fourth-order valence-electron chi connectivity index (χ4n) is 9.66. The molecule has 0 aromatic carbocycles. The number of aliphatic hydroxyl groups excluding tert-OH is 1. The second-order valence-electron chi connectivity index (χ2n) is 12.7. The first-order valence-electron chi connectivity index (χ1n) is 13.0. The van der Waals surface area contributed by atoms with Gasteiger partial charge in [-0.25, -0.2) is 0 Å². The molecule has 30 heavy (non-hydrogen) atoms. The summed E-state index contributed by atoms with van der Waals surface area (Å²) in [6.07, 6.45) is 13.5. The second-order valence-corrected chi connectivity index (χ2v) is 12.7. The first-order chi connectivity index (χ1) is 14.3. The molecule has 0 bridgehead atoms. The highest BCUT2D eigenvalue weighted by atomic mass is 16.7. The molecule has 6 rings (SSSR count). The van der Waals surface area contributed by atoms with E-state index in [-0.39, 0.29) is 11.9 Å². The smallest absolute Gasteiger partial charge is 0.171 e. The van der Waals surface area contributed by atoms with Crippen LogP contribution in [0.25, 0.3) is 0 Å². The van der Waals surface area contributed by atoms with Gasteiger partial charge in [0.1, 0.15) is 0 Å². The van der Waals surface area contributed by atoms with Crippen molar-refractivity contribution in [3.05, 3.63) is 11.6 Å². The van der Waals surface area contributed by atoms with Crippen molar-refractivity contribution >= 4 is 0 Å². The van der Waals surface area contributed by atoms with Crippen LogP contribution in [0.4, 0.5) is 0 Å². The molecule has 5 fully saturated rings. The molecule has 11 atom stereocenters. The van der Waals surface area contributed by atoms with Crippen molar-refractivity contribution < 1.29 is 14.6 Å². The van der Waals surface area contributed by atoms with Crippen LogP contribution < -0.4 is 0 Å². The van der Waals surface area contributed by atoms with E-state index < -0.39 is 0 Å². The fourth-order valence-corrected chi connectivity index (χ4v) is 9.66. The largest absolute Gasteiger partial charge is 0.393 e. The van der Waals surface area contributed by atoms with Crippen molar-refractivity contribution in [1.82, 2.24) is 0 Å². The third-order valence-electron chi connectivity index (χ3n) is 11.3. The van der Waals surface area contributed by atoms with Crippen molar-refractivity contribution in [2.24, 2.45) is 46.3 Å². The molecule has 9 unspecified atom stereocenters. The van der Waals surface area contributed by atoms with Crippen LogP contribution in [-0.2, 0) is 9.47 Å². The predicted molar refractivity (Wildman–Crippen MR) is 118 cm³/mol. The number of ether oxygens (including phenoxy) is 2. The lowest BCUT2D eigenvalue weighted by Crippen LogP contribution is -2.52. The minimum Gasteiger partial charge on any atom is -0.393 e. The maximum atomic E-state index is 10.3. The summed E-state index contributed by atoms with van der Waals surface area (Å²) in [5.41, 5.74) is 2.31. The van der Waals surface area contributed by atoms with Crippen LogP contribution in [0.2, 0.25) is 0 Å². The molecule has 1 N–H and O–H groups in total. The first-order valence-corrected chi connectivity index (χ1v) is 13.0. The van der Waals surface area contributed by atoms with Gasteiger partial charge in [-0.3, -0.25) is 0 Å². The topological polar surface area (TPSA) is 38.7 Å². The van der Waals surface area contributed by atoms with Gasteiger partial charge >= 0.3 is 0 Å². The minimum atomic E-state index is -0.294. The standard InChI is InChI=1S/C27H42O3/c1-16-7-12-27(29-15-16)17(2)24-23(30-27)14-22-20-6-5-18-13-19(28)8-10-25(18,3)21(20)9-11-26(22,24)4/h5,16-17,19-24,28H,6-15H2,1-4H3/t16?,17?,19?,20?,21?,22?,23?,24?,25-,26-,27?/m0/s1. The van der Waals surface area contributed by atoms with Gasteiger partial charge in [-0.1, -0.05) is 39.3 Å². The summed E-state index contributed by atoms with van der Waals surface area (Å²) < 4.78 is 13.3. The summed E-state index contributed by atoms with van der Waals surface area (Å²) >= 11 is 0. The van der Waals surface area contributed by atoms with E-state index >= 15 is 0 Å². The monoisotopic (exact) mass is 414 g/mol. The van der Waals surface area contributed by atoms with Crippen molar-refractivity contribution in [3.8, 4) is 0 Å². The number of aliphatic hydroxyl groups is 1. The van der Waals surface area contributed by atoms with Crippen molar-refractivity contribution in [2.45, 2.75) is 103 Å². The highest BCUT2D eigenvalue weighted by Crippen LogP contribution is 2.70. The Kier molecular flexibility index (Phi) is 4.44. The lowest BCUT2D eigenvalue weighted by Gasteiger charge is -2.58. The zero-order valence-electron chi connectivity index (χ0n) is 19.5. The molecular weight excluding hydrogens is 372 g/mol. The SMILES string of the molecule is CC1CCC2(OC1)OC1CC3C4CC=C5CC(O)CC[C@]5(C)C4CC[C@]3(C)C1C2C. The molecule has 0 aromatic rings. The van der Waals surface area contributed by atoms with Crippen molar-refractivity contribution in [2.75, 3.05) is 6.61 Å². The maximum Gasteiger partial charge on any atom is 0.171 e. The summed E-state index contributed by atoms with van der Waals surface area (Å²) in [5, 5.41) is 10.3. The molecule has 3 heteroatoms. The van der Waals surface area contributed by atoms with Gasteiger partial charge in [-0.05, 0) is 91.8 Å². The average molecular weight is 415 g/mol. The van der Waals surface area contributed by atoms with Gasteiger partial charge in [0.25, 0.3) is 0 Å². The number of hydrogen-bond acceptors (Lipinski definition) is 3. The summed E-state index contributed by atoms with van der Waals surface area (Å²) in [6, 6.07) is 0. The van der Waals surface area contributed by atoms with Gasteiger partial charge in [-0.15, -0.1) is 0 Å². The minimum absolute atomic E-state index is 0.107. The second kappa shape index (κ2) is 6.58. The van der Waals surface area contributed by atoms with E-state index in [0.717, 1.165) is 43.6 Å². The Morgan fingerprint density at radius 1 is 1.03 bits per heavy atom. The molecular formula is C27H42O3. The Bertz CT molecular complexity index is 736. The molecule has 0 amide bonds. The lowest BCUT2D eigenvalue weighted by molar-refractivity contribution is -0.272. The Hall–Kier alpha value is -0.380. The van der Waals surface area contributed by atoms with Crippen molar-refractivity contribution in [3.63, 3.8) is 0 Å². The van der Waals surface area contributed by atoms with E-state index in [2.05, 4.69) is 33.8 Å². The molecule has 0 aromatic heterocycles. The van der Waals surface area contributed by atoms with Crippen LogP contribution in [-0.4, -0.2) is 29.7 Å². The van der Waals surface area contributed by atoms with Gasteiger partial charge in [0.2, 0.25) is 0 Å². The third-order valence-corrected chi connectivity index (χ3v) is 11.3. The summed E-state index contributed by atoms with van der Waals surface area (Å²) in [4.78, 5) is 0. The number of allylic oxidation sites excluding steroid dienone is 1. The van der Waals surface area contributed by atoms with Crippen LogP contribution in [0.3, 0.4) is 0 Å². The summed E-state index contributed by atoms with van der Waals surface area (Å²) in [7, 11) is 0. The van der Waals surface area contributed by atoms with Crippen LogP contribution in [0, 0.1) is 46.3 Å². The molecule has 1 spiro atoms. The molecule has 4 aliphatic carbocycles. The van der Waals surface area contributed by atoms with E-state index in [1.165, 1.54) is 38.5 Å². The summed E-state index contributed by atoms with van der Waals surface area (Å²) in [5.74, 6) is 3.94. The maximum absolute atomic E-state index is 10.3.